The van der Waals surface area contributed by atoms with Crippen LogP contribution < -0.4 is 9.47 Å². The summed E-state index contributed by atoms with van der Waals surface area (Å²) < 4.78 is 63.7. The van der Waals surface area contributed by atoms with Crippen LogP contribution in [0.1, 0.15) is 37.3 Å². The molecule has 2 nitrogen and oxygen atoms in total. The highest BCUT2D eigenvalue weighted by molar-refractivity contribution is 5.88. The van der Waals surface area contributed by atoms with Crippen molar-refractivity contribution in [3.63, 3.8) is 0 Å². The Kier molecular flexibility index (Phi) is 8.47. The molecule has 0 spiro atoms. The molecule has 0 saturated heterocycles. The largest absolute Gasteiger partial charge is 0.494 e. The van der Waals surface area contributed by atoms with Crippen LogP contribution in [0.5, 0.6) is 11.5 Å². The van der Waals surface area contributed by atoms with Gasteiger partial charge in [-0.05, 0) is 77.2 Å². The lowest BCUT2D eigenvalue weighted by molar-refractivity contribution is -0.0522. The number of benzene rings is 4. The van der Waals surface area contributed by atoms with Crippen molar-refractivity contribution in [1.29, 1.82) is 0 Å². The predicted octanol–water partition coefficient (Wildman–Crippen LogP) is 8.74. The first-order chi connectivity index (χ1) is 17.4. The van der Waals surface area contributed by atoms with Crippen LogP contribution in [-0.2, 0) is 12.8 Å². The van der Waals surface area contributed by atoms with Crippen molar-refractivity contribution in [3.05, 3.63) is 95.6 Å². The number of unbranched alkanes of at least 4 members (excludes halogenated alkanes) is 2. The molecule has 0 aliphatic heterocycles. The Morgan fingerprint density at radius 3 is 2.28 bits per heavy atom. The Balaban J connectivity index is 1.44. The van der Waals surface area contributed by atoms with E-state index in [0.29, 0.717) is 36.0 Å². The smallest absolute Gasteiger partial charge is 0.387 e. The normalized spacial score (nSPS) is 11.3. The SMILES string of the molecule is CCCCCOc1ccc(-c2ccc3c(F)c(CCc4ccc(OC(F)F)c(F)c4)ccc3c2)cc1. The molecule has 0 atom stereocenters. The van der Waals surface area contributed by atoms with Crippen molar-refractivity contribution in [2.75, 3.05) is 6.61 Å². The van der Waals surface area contributed by atoms with E-state index in [4.69, 9.17) is 4.74 Å². The van der Waals surface area contributed by atoms with E-state index < -0.39 is 18.2 Å². The Hall–Kier alpha value is -3.54. The van der Waals surface area contributed by atoms with Crippen molar-refractivity contribution >= 4 is 10.8 Å². The fraction of sp³-hybridized carbons (Fsp3) is 0.267. The standard InChI is InChI=1S/C30H28F4O2/c1-2-3-4-17-35-25-13-10-21(11-14-25)23-12-15-26-24(19-23)9-8-22(29(26)32)7-5-20-6-16-28(27(31)18-20)36-30(33)34/h6,8-16,18-19,30H,2-5,7,17H2,1H3. The highest BCUT2D eigenvalue weighted by atomic mass is 19.3. The summed E-state index contributed by atoms with van der Waals surface area (Å²) in [6, 6.07) is 20.9. The highest BCUT2D eigenvalue weighted by Gasteiger charge is 2.12. The highest BCUT2D eigenvalue weighted by Crippen LogP contribution is 2.29. The fourth-order valence-electron chi connectivity index (χ4n) is 4.17. The molecule has 6 heteroatoms. The maximum atomic E-state index is 15.2. The monoisotopic (exact) mass is 496 g/mol. The summed E-state index contributed by atoms with van der Waals surface area (Å²) in [6.45, 7) is -0.227. The van der Waals surface area contributed by atoms with Crippen LogP contribution in [0.2, 0.25) is 0 Å². The molecule has 0 fully saturated rings. The molecule has 0 saturated carbocycles. The van der Waals surface area contributed by atoms with Gasteiger partial charge in [0.25, 0.3) is 0 Å². The Morgan fingerprint density at radius 2 is 1.56 bits per heavy atom. The summed E-state index contributed by atoms with van der Waals surface area (Å²) >= 11 is 0. The number of fused-ring (bicyclic) bond motifs is 1. The molecule has 4 rings (SSSR count). The zero-order chi connectivity index (χ0) is 25.5. The summed E-state index contributed by atoms with van der Waals surface area (Å²) in [5.41, 5.74) is 3.08. The van der Waals surface area contributed by atoms with Crippen LogP contribution in [0, 0.1) is 11.6 Å². The minimum Gasteiger partial charge on any atom is -0.494 e. The van der Waals surface area contributed by atoms with Crippen LogP contribution in [0.15, 0.2) is 72.8 Å². The Bertz CT molecular complexity index is 1300. The van der Waals surface area contributed by atoms with Gasteiger partial charge in [0.1, 0.15) is 11.6 Å². The predicted molar refractivity (Wildman–Crippen MR) is 135 cm³/mol. The Labute approximate surface area is 208 Å². The number of ether oxygens (including phenoxy) is 2. The van der Waals surface area contributed by atoms with Gasteiger partial charge in [0.15, 0.2) is 11.6 Å². The van der Waals surface area contributed by atoms with Crippen LogP contribution >= 0.6 is 0 Å². The summed E-state index contributed by atoms with van der Waals surface area (Å²) in [5, 5.41) is 1.30. The van der Waals surface area contributed by atoms with Crippen molar-refractivity contribution in [1.82, 2.24) is 0 Å². The number of alkyl halides is 2. The number of aryl methyl sites for hydroxylation is 2. The van der Waals surface area contributed by atoms with Gasteiger partial charge in [0.2, 0.25) is 0 Å². The van der Waals surface area contributed by atoms with Crippen molar-refractivity contribution in [3.8, 4) is 22.6 Å². The topological polar surface area (TPSA) is 18.5 Å². The van der Waals surface area contributed by atoms with Crippen LogP contribution in [0.4, 0.5) is 17.6 Å². The zero-order valence-corrected chi connectivity index (χ0v) is 20.1. The second-order valence-electron chi connectivity index (χ2n) is 8.70. The van der Waals surface area contributed by atoms with Crippen molar-refractivity contribution in [2.45, 2.75) is 45.6 Å². The molecule has 188 valence electrons. The minimum atomic E-state index is -3.09. The lowest BCUT2D eigenvalue weighted by atomic mass is 9.97. The van der Waals surface area contributed by atoms with E-state index in [1.807, 2.05) is 42.5 Å². The van der Waals surface area contributed by atoms with Gasteiger partial charge in [-0.3, -0.25) is 0 Å². The van der Waals surface area contributed by atoms with E-state index in [1.165, 1.54) is 12.1 Å². The van der Waals surface area contributed by atoms with E-state index in [1.54, 1.807) is 12.1 Å². The zero-order valence-electron chi connectivity index (χ0n) is 20.1. The van der Waals surface area contributed by atoms with Gasteiger partial charge in [-0.2, -0.15) is 8.78 Å². The summed E-state index contributed by atoms with van der Waals surface area (Å²) in [4.78, 5) is 0. The lowest BCUT2D eigenvalue weighted by Crippen LogP contribution is -2.04. The van der Waals surface area contributed by atoms with Crippen LogP contribution in [0.3, 0.4) is 0 Å². The molecule has 0 radical (unpaired) electrons. The van der Waals surface area contributed by atoms with Gasteiger partial charge in [-0.15, -0.1) is 0 Å². The molecule has 36 heavy (non-hydrogen) atoms. The molecule has 0 N–H and O–H groups in total. The average Bonchev–Trinajstić information content (AvgIpc) is 2.88. The lowest BCUT2D eigenvalue weighted by Gasteiger charge is -2.11. The summed E-state index contributed by atoms with van der Waals surface area (Å²) in [6.07, 6.45) is 4.05. The molecular weight excluding hydrogens is 468 g/mol. The van der Waals surface area contributed by atoms with Gasteiger partial charge in [-0.25, -0.2) is 8.78 Å². The van der Waals surface area contributed by atoms with E-state index in [-0.39, 0.29) is 5.82 Å². The number of halogens is 4. The van der Waals surface area contributed by atoms with E-state index >= 15 is 4.39 Å². The third-order valence-corrected chi connectivity index (χ3v) is 6.13. The van der Waals surface area contributed by atoms with Crippen molar-refractivity contribution in [2.24, 2.45) is 0 Å². The molecule has 4 aromatic rings. The van der Waals surface area contributed by atoms with Gasteiger partial charge in [0, 0.05) is 5.39 Å². The van der Waals surface area contributed by atoms with E-state index in [9.17, 15) is 13.2 Å². The molecule has 0 aliphatic carbocycles. The second kappa shape index (κ2) is 11.9. The maximum Gasteiger partial charge on any atom is 0.387 e. The molecule has 0 aromatic heterocycles. The second-order valence-corrected chi connectivity index (χ2v) is 8.70. The van der Waals surface area contributed by atoms with E-state index in [2.05, 4.69) is 11.7 Å². The summed E-state index contributed by atoms with van der Waals surface area (Å²) in [5.74, 6) is -0.846. The average molecular weight is 497 g/mol. The maximum absolute atomic E-state index is 15.2. The third-order valence-electron chi connectivity index (χ3n) is 6.13. The molecule has 0 aliphatic rings. The first kappa shape index (κ1) is 25.5. The van der Waals surface area contributed by atoms with Gasteiger partial charge >= 0.3 is 6.61 Å². The van der Waals surface area contributed by atoms with Gasteiger partial charge in [-0.1, -0.05) is 62.2 Å². The third kappa shape index (κ3) is 6.36. The fourth-order valence-corrected chi connectivity index (χ4v) is 4.17. The quantitative estimate of drug-likeness (QED) is 0.153. The summed E-state index contributed by atoms with van der Waals surface area (Å²) in [7, 11) is 0. The first-order valence-corrected chi connectivity index (χ1v) is 12.1. The molecule has 4 aromatic carbocycles. The van der Waals surface area contributed by atoms with Crippen LogP contribution in [-0.4, -0.2) is 13.2 Å². The van der Waals surface area contributed by atoms with Crippen molar-refractivity contribution < 1.29 is 27.0 Å². The molecule has 0 heterocycles. The van der Waals surface area contributed by atoms with E-state index in [0.717, 1.165) is 47.6 Å². The van der Waals surface area contributed by atoms with Gasteiger partial charge < -0.3 is 9.47 Å². The number of hydrogen-bond donors (Lipinski definition) is 0. The Morgan fingerprint density at radius 1 is 0.778 bits per heavy atom. The van der Waals surface area contributed by atoms with Gasteiger partial charge in [0.05, 0.1) is 6.61 Å². The molecule has 0 unspecified atom stereocenters. The molecular formula is C30H28F4O2. The minimum absolute atomic E-state index is 0.312. The molecule has 0 bridgehead atoms. The first-order valence-electron chi connectivity index (χ1n) is 12.1. The molecule has 0 amide bonds. The number of hydrogen-bond acceptors (Lipinski definition) is 2. The van der Waals surface area contributed by atoms with Crippen LogP contribution in [0.25, 0.3) is 21.9 Å². The number of rotatable bonds is 11.